The van der Waals surface area contributed by atoms with Crippen molar-refractivity contribution in [1.29, 1.82) is 0 Å². The van der Waals surface area contributed by atoms with Crippen LogP contribution in [0, 0.1) is 0 Å². The summed E-state index contributed by atoms with van der Waals surface area (Å²) in [6, 6.07) is 21.7. The van der Waals surface area contributed by atoms with E-state index in [1.807, 2.05) is 43.3 Å². The van der Waals surface area contributed by atoms with Crippen molar-refractivity contribution in [3.63, 3.8) is 0 Å². The van der Waals surface area contributed by atoms with Crippen molar-refractivity contribution >= 4 is 34.5 Å². The molecule has 0 fully saturated rings. The number of nitrogens with zero attached hydrogens (tertiary/aromatic N) is 1. The van der Waals surface area contributed by atoms with E-state index < -0.39 is 0 Å². The Morgan fingerprint density at radius 3 is 2.45 bits per heavy atom. The zero-order valence-corrected chi connectivity index (χ0v) is 17.0. The van der Waals surface area contributed by atoms with Crippen LogP contribution < -0.4 is 10.1 Å². The van der Waals surface area contributed by atoms with Gasteiger partial charge in [0.05, 0.1) is 17.6 Å². The van der Waals surface area contributed by atoms with Gasteiger partial charge in [-0.2, -0.15) is 0 Å². The van der Waals surface area contributed by atoms with E-state index in [0.29, 0.717) is 23.7 Å². The van der Waals surface area contributed by atoms with Gasteiger partial charge >= 0.3 is 0 Å². The van der Waals surface area contributed by atoms with Crippen molar-refractivity contribution in [3.05, 3.63) is 95.8 Å². The zero-order chi connectivity index (χ0) is 21.6. The van der Waals surface area contributed by atoms with Gasteiger partial charge in [0.15, 0.2) is 5.82 Å². The first-order valence-corrected chi connectivity index (χ1v) is 9.94. The molecule has 1 amide bonds. The summed E-state index contributed by atoms with van der Waals surface area (Å²) in [5.41, 5.74) is 3.59. The number of imidazole rings is 1. The van der Waals surface area contributed by atoms with E-state index in [2.05, 4.69) is 15.3 Å². The number of hydrogen-bond donors (Lipinski definition) is 2. The van der Waals surface area contributed by atoms with Crippen LogP contribution in [0.25, 0.3) is 17.1 Å². The van der Waals surface area contributed by atoms with Crippen molar-refractivity contribution in [3.8, 4) is 5.75 Å². The first-order valence-electron chi connectivity index (χ1n) is 9.94. The smallest absolute Gasteiger partial charge is 0.255 e. The third-order valence-electron chi connectivity index (χ3n) is 4.65. The molecule has 0 saturated heterocycles. The van der Waals surface area contributed by atoms with Crippen molar-refractivity contribution < 1.29 is 14.3 Å². The quantitative estimate of drug-likeness (QED) is 0.327. The van der Waals surface area contributed by atoms with E-state index in [1.165, 1.54) is 6.08 Å². The number of H-pyrrole nitrogens is 1. The number of carbonyl (C=O) groups is 2. The van der Waals surface area contributed by atoms with Crippen molar-refractivity contribution in [2.75, 3.05) is 11.9 Å². The molecule has 0 aliphatic carbocycles. The number of benzene rings is 3. The molecule has 0 atom stereocenters. The minimum atomic E-state index is -0.214. The SMILES string of the molecule is CCOc1ccc(NC(=O)c2ccc(C=CC(=O)c3nc4ccccc4[nH]3)cc2)cc1. The summed E-state index contributed by atoms with van der Waals surface area (Å²) in [5.74, 6) is 0.629. The average Bonchev–Trinajstić information content (AvgIpc) is 3.24. The maximum absolute atomic E-state index is 12.4. The van der Waals surface area contributed by atoms with Crippen LogP contribution in [0.2, 0.25) is 0 Å². The van der Waals surface area contributed by atoms with Crippen molar-refractivity contribution in [2.45, 2.75) is 6.92 Å². The first kappa shape index (κ1) is 20.1. The second kappa shape index (κ2) is 9.09. The molecule has 6 heteroatoms. The highest BCUT2D eigenvalue weighted by Gasteiger charge is 2.09. The number of hydrogen-bond acceptors (Lipinski definition) is 4. The number of anilines is 1. The zero-order valence-electron chi connectivity index (χ0n) is 17.0. The Hall–Kier alpha value is -4.19. The van der Waals surface area contributed by atoms with Gasteiger partial charge in [-0.25, -0.2) is 4.98 Å². The molecular weight excluding hydrogens is 390 g/mol. The van der Waals surface area contributed by atoms with Gasteiger partial charge in [-0.3, -0.25) is 9.59 Å². The lowest BCUT2D eigenvalue weighted by Gasteiger charge is -2.07. The second-order valence-corrected chi connectivity index (χ2v) is 6.83. The molecule has 0 unspecified atom stereocenters. The molecule has 0 radical (unpaired) electrons. The molecule has 0 aliphatic heterocycles. The van der Waals surface area contributed by atoms with E-state index in [9.17, 15) is 9.59 Å². The highest BCUT2D eigenvalue weighted by Crippen LogP contribution is 2.17. The van der Waals surface area contributed by atoms with Crippen LogP contribution in [0.1, 0.15) is 33.5 Å². The summed E-state index contributed by atoms with van der Waals surface area (Å²) >= 11 is 0. The second-order valence-electron chi connectivity index (χ2n) is 6.83. The van der Waals surface area contributed by atoms with Gasteiger partial charge in [0.1, 0.15) is 5.75 Å². The van der Waals surface area contributed by atoms with Crippen LogP contribution in [0.5, 0.6) is 5.75 Å². The van der Waals surface area contributed by atoms with Crippen LogP contribution in [-0.2, 0) is 0 Å². The van der Waals surface area contributed by atoms with Crippen molar-refractivity contribution in [1.82, 2.24) is 9.97 Å². The predicted octanol–water partition coefficient (Wildman–Crippen LogP) is 5.11. The predicted molar refractivity (Wildman–Crippen MR) is 121 cm³/mol. The van der Waals surface area contributed by atoms with E-state index in [0.717, 1.165) is 22.3 Å². The number of para-hydroxylation sites is 2. The Kier molecular flexibility index (Phi) is 5.89. The first-order chi connectivity index (χ1) is 15.1. The maximum atomic E-state index is 12.4. The summed E-state index contributed by atoms with van der Waals surface area (Å²) in [5, 5.41) is 2.85. The van der Waals surface area contributed by atoms with Gasteiger partial charge in [0.25, 0.3) is 5.91 Å². The number of amides is 1. The number of aromatic nitrogens is 2. The van der Waals surface area contributed by atoms with Crippen LogP contribution in [0.3, 0.4) is 0 Å². The molecule has 0 saturated carbocycles. The third-order valence-corrected chi connectivity index (χ3v) is 4.65. The molecule has 2 N–H and O–H groups in total. The molecule has 4 rings (SSSR count). The lowest BCUT2D eigenvalue weighted by molar-refractivity contribution is 0.102. The molecule has 1 aromatic heterocycles. The molecule has 0 aliphatic rings. The lowest BCUT2D eigenvalue weighted by atomic mass is 10.1. The summed E-state index contributed by atoms with van der Waals surface area (Å²) in [6.07, 6.45) is 3.16. The molecule has 31 heavy (non-hydrogen) atoms. The summed E-state index contributed by atoms with van der Waals surface area (Å²) in [6.45, 7) is 2.51. The Morgan fingerprint density at radius 2 is 1.74 bits per heavy atom. The summed E-state index contributed by atoms with van der Waals surface area (Å²) in [4.78, 5) is 32.1. The minimum Gasteiger partial charge on any atom is -0.494 e. The molecule has 6 nitrogen and oxygen atoms in total. The number of carbonyl (C=O) groups excluding carboxylic acids is 2. The number of fused-ring (bicyclic) bond motifs is 1. The fourth-order valence-corrected chi connectivity index (χ4v) is 3.07. The van der Waals surface area contributed by atoms with Gasteiger partial charge in [-0.05, 0) is 67.1 Å². The Bertz CT molecular complexity index is 1210. The summed E-state index contributed by atoms with van der Waals surface area (Å²) in [7, 11) is 0. The van der Waals surface area contributed by atoms with Crippen LogP contribution in [0.15, 0.2) is 78.9 Å². The van der Waals surface area contributed by atoms with Crippen LogP contribution in [0.4, 0.5) is 5.69 Å². The number of ether oxygens (including phenoxy) is 1. The lowest BCUT2D eigenvalue weighted by Crippen LogP contribution is -2.11. The van der Waals surface area contributed by atoms with Gasteiger partial charge in [-0.15, -0.1) is 0 Å². The van der Waals surface area contributed by atoms with Gasteiger partial charge in [0, 0.05) is 11.3 Å². The van der Waals surface area contributed by atoms with Gasteiger partial charge in [0.2, 0.25) is 5.78 Å². The minimum absolute atomic E-state index is 0.210. The number of nitrogens with one attached hydrogen (secondary N) is 2. The van der Waals surface area contributed by atoms with Gasteiger partial charge < -0.3 is 15.0 Å². The number of ketones is 1. The monoisotopic (exact) mass is 411 g/mol. The Balaban J connectivity index is 1.39. The van der Waals surface area contributed by atoms with Gasteiger partial charge in [-0.1, -0.05) is 30.3 Å². The molecule has 4 aromatic rings. The maximum Gasteiger partial charge on any atom is 0.255 e. The largest absolute Gasteiger partial charge is 0.494 e. The molecule has 0 spiro atoms. The Morgan fingerprint density at radius 1 is 1.00 bits per heavy atom. The van der Waals surface area contributed by atoms with Crippen LogP contribution >= 0.6 is 0 Å². The normalized spacial score (nSPS) is 11.0. The van der Waals surface area contributed by atoms with E-state index in [4.69, 9.17) is 4.74 Å². The fourth-order valence-electron chi connectivity index (χ4n) is 3.07. The standard InChI is InChI=1S/C25H21N3O3/c1-2-31-20-14-12-19(13-15-20)26-25(30)18-10-7-17(8-11-18)9-16-23(29)24-27-21-5-3-4-6-22(21)28-24/h3-16H,2H2,1H3,(H,26,30)(H,27,28). The molecule has 1 heterocycles. The third kappa shape index (κ3) is 4.87. The highest BCUT2D eigenvalue weighted by atomic mass is 16.5. The topological polar surface area (TPSA) is 84.1 Å². The van der Waals surface area contributed by atoms with Crippen LogP contribution in [-0.4, -0.2) is 28.3 Å². The summed E-state index contributed by atoms with van der Waals surface area (Å²) < 4.78 is 5.40. The van der Waals surface area contributed by atoms with E-state index in [1.54, 1.807) is 42.5 Å². The highest BCUT2D eigenvalue weighted by molar-refractivity contribution is 6.06. The van der Waals surface area contributed by atoms with Crippen molar-refractivity contribution in [2.24, 2.45) is 0 Å². The molecule has 3 aromatic carbocycles. The Labute approximate surface area is 179 Å². The number of aromatic amines is 1. The number of allylic oxidation sites excluding steroid dienone is 1. The molecular formula is C25H21N3O3. The van der Waals surface area contributed by atoms with E-state index >= 15 is 0 Å². The number of rotatable bonds is 7. The van der Waals surface area contributed by atoms with E-state index in [-0.39, 0.29) is 11.7 Å². The molecule has 154 valence electrons. The molecule has 0 bridgehead atoms. The fraction of sp³-hybridized carbons (Fsp3) is 0.0800. The average molecular weight is 411 g/mol.